The number of benzene rings is 1. The number of fused-ring (bicyclic) bond motifs is 1. The van der Waals surface area contributed by atoms with Crippen molar-refractivity contribution in [3.63, 3.8) is 0 Å². The number of alkyl halides is 2. The minimum Gasteiger partial charge on any atom is -0.464 e. The predicted octanol–water partition coefficient (Wildman–Crippen LogP) is 4.38. The Morgan fingerprint density at radius 3 is 2.29 bits per heavy atom. The number of rotatable bonds is 5. The number of hydrogen-bond donors (Lipinski definition) is 0. The Balaban J connectivity index is 1.74. The van der Waals surface area contributed by atoms with E-state index < -0.39 is 11.9 Å². The van der Waals surface area contributed by atoms with E-state index >= 15 is 8.78 Å². The first-order chi connectivity index (χ1) is 16.1. The van der Waals surface area contributed by atoms with Crippen LogP contribution in [0.15, 0.2) is 53.6 Å². The monoisotopic (exact) mass is 466 g/mol. The van der Waals surface area contributed by atoms with Crippen molar-refractivity contribution in [1.29, 1.82) is 0 Å². The second-order valence-corrected chi connectivity index (χ2v) is 8.42. The molecule has 0 atom stereocenters. The normalized spacial score (nSPS) is 11.9. The van der Waals surface area contributed by atoms with Crippen LogP contribution in [0.25, 0.3) is 22.3 Å². The van der Waals surface area contributed by atoms with E-state index in [1.807, 2.05) is 13.8 Å². The first kappa shape index (κ1) is 23.3. The third-order valence-electron chi connectivity index (χ3n) is 5.95. The Morgan fingerprint density at radius 2 is 1.74 bits per heavy atom. The van der Waals surface area contributed by atoms with Crippen molar-refractivity contribution in [2.45, 2.75) is 25.7 Å². The molecule has 0 aliphatic carbocycles. The van der Waals surface area contributed by atoms with Crippen molar-refractivity contribution in [2.24, 2.45) is 14.1 Å². The summed E-state index contributed by atoms with van der Waals surface area (Å²) in [6, 6.07) is 8.75. The van der Waals surface area contributed by atoms with Crippen LogP contribution in [-0.4, -0.2) is 32.2 Å². The van der Waals surface area contributed by atoms with Gasteiger partial charge < -0.3 is 4.74 Å². The third-order valence-corrected chi connectivity index (χ3v) is 5.95. The Morgan fingerprint density at radius 1 is 1.00 bits per heavy atom. The highest BCUT2D eigenvalue weighted by atomic mass is 19.3. The first-order valence-corrected chi connectivity index (χ1v) is 10.6. The standard InChI is InChI=1S/C25H24F2N4O3/c1-14(2)18-10-17(11-21-22(18)31(4)24(33)30(21)3)25(26,27)16-7-9-19(29-13-16)15-6-8-20(28-12-15)23(32)34-5/h6-14H,1-5H3. The Kier molecular flexibility index (Phi) is 5.80. The smallest absolute Gasteiger partial charge is 0.356 e. The Labute approximate surface area is 194 Å². The predicted molar refractivity (Wildman–Crippen MR) is 124 cm³/mol. The minimum absolute atomic E-state index is 0.0628. The number of carbonyl (C=O) groups is 1. The van der Waals surface area contributed by atoms with Crippen LogP contribution in [0.5, 0.6) is 0 Å². The van der Waals surface area contributed by atoms with Gasteiger partial charge in [-0.05, 0) is 47.9 Å². The number of nitrogens with zero attached hydrogens (tertiary/aromatic N) is 4. The van der Waals surface area contributed by atoms with Gasteiger partial charge in [0, 0.05) is 43.2 Å². The Hall–Kier alpha value is -3.88. The second kappa shape index (κ2) is 8.48. The van der Waals surface area contributed by atoms with Crippen molar-refractivity contribution in [2.75, 3.05) is 7.11 Å². The topological polar surface area (TPSA) is 79.0 Å². The molecule has 0 aliphatic rings. The minimum atomic E-state index is -3.33. The second-order valence-electron chi connectivity index (χ2n) is 8.42. The zero-order valence-electron chi connectivity index (χ0n) is 19.5. The summed E-state index contributed by atoms with van der Waals surface area (Å²) in [5.74, 6) is -3.96. The van der Waals surface area contributed by atoms with Crippen LogP contribution in [0.1, 0.15) is 46.9 Å². The van der Waals surface area contributed by atoms with E-state index in [9.17, 15) is 9.59 Å². The molecule has 0 amide bonds. The van der Waals surface area contributed by atoms with E-state index in [0.717, 1.165) is 6.20 Å². The summed E-state index contributed by atoms with van der Waals surface area (Å²) in [7, 11) is 4.48. The maximum atomic E-state index is 15.6. The summed E-state index contributed by atoms with van der Waals surface area (Å²) in [6.45, 7) is 3.81. The van der Waals surface area contributed by atoms with Gasteiger partial charge in [-0.25, -0.2) is 14.6 Å². The highest BCUT2D eigenvalue weighted by molar-refractivity contribution is 5.87. The number of esters is 1. The highest BCUT2D eigenvalue weighted by Gasteiger charge is 2.36. The van der Waals surface area contributed by atoms with Crippen molar-refractivity contribution >= 4 is 17.0 Å². The number of pyridine rings is 2. The van der Waals surface area contributed by atoms with Crippen molar-refractivity contribution in [1.82, 2.24) is 19.1 Å². The van der Waals surface area contributed by atoms with Gasteiger partial charge in [-0.3, -0.25) is 14.1 Å². The molecule has 0 saturated carbocycles. The lowest BCUT2D eigenvalue weighted by Gasteiger charge is -2.20. The molecular weight excluding hydrogens is 442 g/mol. The zero-order chi connectivity index (χ0) is 24.8. The summed E-state index contributed by atoms with van der Waals surface area (Å²) in [5, 5.41) is 0. The van der Waals surface area contributed by atoms with Gasteiger partial charge in [0.25, 0.3) is 5.92 Å². The number of methoxy groups -OCH3 is 1. The molecule has 4 aromatic rings. The number of carbonyl (C=O) groups excluding carboxylic acids is 1. The average Bonchev–Trinajstić information content (AvgIpc) is 3.07. The molecule has 3 heterocycles. The molecule has 0 N–H and O–H groups in total. The van der Waals surface area contributed by atoms with Crippen LogP contribution < -0.4 is 5.69 Å². The molecule has 0 unspecified atom stereocenters. The van der Waals surface area contributed by atoms with Gasteiger partial charge in [0.05, 0.1) is 23.8 Å². The molecule has 0 fully saturated rings. The SMILES string of the molecule is COC(=O)c1ccc(-c2ccc(C(F)(F)c3cc(C(C)C)c4c(c3)n(C)c(=O)n4C)cn2)cn1. The number of ether oxygens (including phenoxy) is 1. The van der Waals surface area contributed by atoms with E-state index in [1.54, 1.807) is 20.2 Å². The molecule has 4 rings (SSSR count). The molecule has 176 valence electrons. The fourth-order valence-corrected chi connectivity index (χ4v) is 4.00. The molecule has 9 heteroatoms. The van der Waals surface area contributed by atoms with Gasteiger partial charge in [-0.1, -0.05) is 13.8 Å². The summed E-state index contributed by atoms with van der Waals surface area (Å²) < 4.78 is 38.7. The lowest BCUT2D eigenvalue weighted by atomic mass is 9.94. The van der Waals surface area contributed by atoms with Crippen molar-refractivity contribution in [3.05, 3.63) is 81.7 Å². The van der Waals surface area contributed by atoms with Gasteiger partial charge >= 0.3 is 11.7 Å². The molecule has 3 aromatic heterocycles. The van der Waals surface area contributed by atoms with Gasteiger partial charge in [0.2, 0.25) is 0 Å². The van der Waals surface area contributed by atoms with Gasteiger partial charge in [0.15, 0.2) is 0 Å². The summed E-state index contributed by atoms with van der Waals surface area (Å²) in [6.07, 6.45) is 2.57. The van der Waals surface area contributed by atoms with Gasteiger partial charge in [-0.15, -0.1) is 0 Å². The van der Waals surface area contributed by atoms with Crippen molar-refractivity contribution < 1.29 is 18.3 Å². The van der Waals surface area contributed by atoms with Crippen LogP contribution in [0.3, 0.4) is 0 Å². The lowest BCUT2D eigenvalue weighted by molar-refractivity contribution is 0.0425. The largest absolute Gasteiger partial charge is 0.464 e. The van der Waals surface area contributed by atoms with E-state index in [4.69, 9.17) is 0 Å². The molecular formula is C25H24F2N4O3. The third kappa shape index (κ3) is 3.76. The molecule has 0 aliphatic heterocycles. The maximum Gasteiger partial charge on any atom is 0.356 e. The molecule has 7 nitrogen and oxygen atoms in total. The zero-order valence-corrected chi connectivity index (χ0v) is 19.5. The van der Waals surface area contributed by atoms with Crippen LogP contribution in [0, 0.1) is 0 Å². The van der Waals surface area contributed by atoms with Crippen LogP contribution in [0.4, 0.5) is 8.78 Å². The highest BCUT2D eigenvalue weighted by Crippen LogP contribution is 2.39. The quantitative estimate of drug-likeness (QED) is 0.408. The summed E-state index contributed by atoms with van der Waals surface area (Å²) in [5.41, 5.74) is 2.18. The van der Waals surface area contributed by atoms with Gasteiger partial charge in [0.1, 0.15) is 5.69 Å². The molecule has 0 spiro atoms. The average molecular weight is 466 g/mol. The van der Waals surface area contributed by atoms with Crippen molar-refractivity contribution in [3.8, 4) is 11.3 Å². The summed E-state index contributed by atoms with van der Waals surface area (Å²) in [4.78, 5) is 32.2. The summed E-state index contributed by atoms with van der Waals surface area (Å²) >= 11 is 0. The number of halogens is 2. The maximum absolute atomic E-state index is 15.6. The van der Waals surface area contributed by atoms with E-state index in [1.165, 1.54) is 52.8 Å². The number of aromatic nitrogens is 4. The molecule has 34 heavy (non-hydrogen) atoms. The fraction of sp³-hybridized carbons (Fsp3) is 0.280. The number of aryl methyl sites for hydroxylation is 2. The number of hydrogen-bond acceptors (Lipinski definition) is 5. The first-order valence-electron chi connectivity index (χ1n) is 10.6. The molecule has 1 aromatic carbocycles. The van der Waals surface area contributed by atoms with Crippen LogP contribution >= 0.6 is 0 Å². The van der Waals surface area contributed by atoms with Crippen LogP contribution in [-0.2, 0) is 24.8 Å². The van der Waals surface area contributed by atoms with E-state index in [-0.39, 0.29) is 28.4 Å². The molecule has 0 saturated heterocycles. The van der Waals surface area contributed by atoms with E-state index in [2.05, 4.69) is 14.7 Å². The van der Waals surface area contributed by atoms with E-state index in [0.29, 0.717) is 27.9 Å². The van der Waals surface area contributed by atoms with Crippen LogP contribution in [0.2, 0.25) is 0 Å². The van der Waals surface area contributed by atoms with Gasteiger partial charge in [-0.2, -0.15) is 8.78 Å². The Bertz CT molecular complexity index is 1440. The molecule has 0 radical (unpaired) electrons. The fourth-order valence-electron chi connectivity index (χ4n) is 4.00. The number of imidazole rings is 1. The molecule has 0 bridgehead atoms. The lowest BCUT2D eigenvalue weighted by Crippen LogP contribution is -2.19.